The minimum atomic E-state index is 0. The van der Waals surface area contributed by atoms with E-state index in [2.05, 4.69) is 39.8 Å². The molecule has 0 saturated heterocycles. The molecule has 0 radical (unpaired) electrons. The van der Waals surface area contributed by atoms with Gasteiger partial charge in [-0.1, -0.05) is 41.9 Å². The Labute approximate surface area is 102 Å². The molecule has 0 aromatic rings. The first-order valence-corrected chi connectivity index (χ1v) is 6.06. The Kier molecular flexibility index (Phi) is 7.12. The van der Waals surface area contributed by atoms with Gasteiger partial charge in [-0.2, -0.15) is 0 Å². The highest BCUT2D eigenvalue weighted by Gasteiger charge is 2.02. The predicted molar refractivity (Wildman–Crippen MR) is 75.7 cm³/mol. The lowest BCUT2D eigenvalue weighted by molar-refractivity contribution is 0.844. The molecule has 0 saturated carbocycles. The molecule has 92 valence electrons. The van der Waals surface area contributed by atoms with E-state index in [4.69, 9.17) is 0 Å². The Balaban J connectivity index is 0.00000225. The highest BCUT2D eigenvalue weighted by Crippen LogP contribution is 2.22. The minimum Gasteiger partial charge on any atom is -0.0853 e. The van der Waals surface area contributed by atoms with E-state index in [0.29, 0.717) is 0 Å². The van der Waals surface area contributed by atoms with Gasteiger partial charge in [0.1, 0.15) is 0 Å². The third-order valence-electron chi connectivity index (χ3n) is 3.26. The molecule has 0 aromatic heterocycles. The lowest BCUT2D eigenvalue weighted by atomic mass is 9.95. The van der Waals surface area contributed by atoms with Gasteiger partial charge in [0.15, 0.2) is 0 Å². The van der Waals surface area contributed by atoms with Crippen LogP contribution in [0.1, 0.15) is 67.2 Å². The van der Waals surface area contributed by atoms with Crippen molar-refractivity contribution in [3.05, 3.63) is 34.4 Å². The normalized spacial score (nSPS) is 24.6. The van der Waals surface area contributed by atoms with Crippen molar-refractivity contribution in [3.8, 4) is 0 Å². The fourth-order valence-electron chi connectivity index (χ4n) is 1.95. The summed E-state index contributed by atoms with van der Waals surface area (Å²) in [6.45, 7) is 9.00. The SMILES string of the molecule is C.CC(C)=C1C/C=C(\C)CC/C=C(\C)CC1. The van der Waals surface area contributed by atoms with Gasteiger partial charge in [0.25, 0.3) is 0 Å². The van der Waals surface area contributed by atoms with Gasteiger partial charge in [-0.05, 0) is 59.8 Å². The van der Waals surface area contributed by atoms with Crippen molar-refractivity contribution in [2.45, 2.75) is 67.2 Å². The van der Waals surface area contributed by atoms with Crippen LogP contribution < -0.4 is 0 Å². The summed E-state index contributed by atoms with van der Waals surface area (Å²) < 4.78 is 0. The van der Waals surface area contributed by atoms with E-state index in [1.165, 1.54) is 37.7 Å². The summed E-state index contributed by atoms with van der Waals surface area (Å²) in [5.74, 6) is 0. The van der Waals surface area contributed by atoms with Crippen molar-refractivity contribution in [1.29, 1.82) is 0 Å². The van der Waals surface area contributed by atoms with Crippen LogP contribution in [0.5, 0.6) is 0 Å². The van der Waals surface area contributed by atoms with Crippen LogP contribution in [-0.4, -0.2) is 0 Å². The lowest BCUT2D eigenvalue weighted by Gasteiger charge is -2.11. The van der Waals surface area contributed by atoms with Gasteiger partial charge in [-0.15, -0.1) is 0 Å². The molecule has 0 heteroatoms. The van der Waals surface area contributed by atoms with Gasteiger partial charge in [0.05, 0.1) is 0 Å². The number of allylic oxidation sites excluding steroid dienone is 6. The molecule has 1 aliphatic carbocycles. The predicted octanol–water partition coefficient (Wildman–Crippen LogP) is 5.82. The van der Waals surface area contributed by atoms with E-state index in [9.17, 15) is 0 Å². The lowest BCUT2D eigenvalue weighted by Crippen LogP contribution is -1.91. The molecule has 16 heavy (non-hydrogen) atoms. The Morgan fingerprint density at radius 3 is 2.19 bits per heavy atom. The van der Waals surface area contributed by atoms with Crippen LogP contribution in [0.25, 0.3) is 0 Å². The summed E-state index contributed by atoms with van der Waals surface area (Å²) in [5.41, 5.74) is 6.24. The maximum Gasteiger partial charge on any atom is -0.0134 e. The maximum absolute atomic E-state index is 2.41. The van der Waals surface area contributed by atoms with Gasteiger partial charge in [-0.25, -0.2) is 0 Å². The topological polar surface area (TPSA) is 0 Å². The van der Waals surface area contributed by atoms with Gasteiger partial charge < -0.3 is 0 Å². The smallest absolute Gasteiger partial charge is 0.0134 e. The molecule has 0 bridgehead atoms. The highest BCUT2D eigenvalue weighted by atomic mass is 14.1. The Morgan fingerprint density at radius 2 is 1.56 bits per heavy atom. The summed E-state index contributed by atoms with van der Waals surface area (Å²) >= 11 is 0. The minimum absolute atomic E-state index is 0. The number of rotatable bonds is 0. The van der Waals surface area contributed by atoms with E-state index in [-0.39, 0.29) is 7.43 Å². The van der Waals surface area contributed by atoms with Gasteiger partial charge >= 0.3 is 0 Å². The largest absolute Gasteiger partial charge is 0.0853 e. The highest BCUT2D eigenvalue weighted by molar-refractivity contribution is 5.18. The Hall–Kier alpha value is -0.780. The molecule has 0 nitrogen and oxygen atoms in total. The standard InChI is InChI=1S/C15H24.CH4/c1-12(2)15-10-8-13(3)6-5-7-14(4)9-11-15;/h6,9H,5,7-8,10-11H2,1-4H3;1H4/b13-6+,14-9+;. The number of hydrogen-bond donors (Lipinski definition) is 0. The molecule has 0 amide bonds. The average molecular weight is 220 g/mol. The van der Waals surface area contributed by atoms with Crippen LogP contribution in [0.15, 0.2) is 34.4 Å². The summed E-state index contributed by atoms with van der Waals surface area (Å²) in [6.07, 6.45) is 10.9. The van der Waals surface area contributed by atoms with E-state index in [0.717, 1.165) is 0 Å². The van der Waals surface area contributed by atoms with Crippen molar-refractivity contribution in [3.63, 3.8) is 0 Å². The molecule has 0 heterocycles. The van der Waals surface area contributed by atoms with Gasteiger partial charge in [0, 0.05) is 0 Å². The second kappa shape index (κ2) is 7.49. The molecule has 1 aliphatic rings. The first-order valence-electron chi connectivity index (χ1n) is 6.06. The summed E-state index contributed by atoms with van der Waals surface area (Å²) in [4.78, 5) is 0. The zero-order chi connectivity index (χ0) is 11.3. The Bertz CT molecular complexity index is 296. The van der Waals surface area contributed by atoms with Crippen LogP contribution in [0.3, 0.4) is 0 Å². The van der Waals surface area contributed by atoms with Gasteiger partial charge in [0.2, 0.25) is 0 Å². The summed E-state index contributed by atoms with van der Waals surface area (Å²) in [5, 5.41) is 0. The molecule has 0 aromatic carbocycles. The van der Waals surface area contributed by atoms with Crippen LogP contribution in [0.2, 0.25) is 0 Å². The van der Waals surface area contributed by atoms with Crippen molar-refractivity contribution >= 4 is 0 Å². The quantitative estimate of drug-likeness (QED) is 0.451. The first kappa shape index (κ1) is 15.2. The monoisotopic (exact) mass is 220 g/mol. The molecule has 0 N–H and O–H groups in total. The molecule has 0 atom stereocenters. The second-order valence-corrected chi connectivity index (χ2v) is 4.95. The molecular formula is C16H28. The van der Waals surface area contributed by atoms with E-state index in [1.807, 2.05) is 0 Å². The van der Waals surface area contributed by atoms with Crippen LogP contribution >= 0.6 is 0 Å². The summed E-state index contributed by atoms with van der Waals surface area (Å²) in [6, 6.07) is 0. The van der Waals surface area contributed by atoms with Gasteiger partial charge in [-0.3, -0.25) is 0 Å². The fourth-order valence-corrected chi connectivity index (χ4v) is 1.95. The van der Waals surface area contributed by atoms with E-state index in [1.54, 1.807) is 16.7 Å². The molecule has 0 unspecified atom stereocenters. The fraction of sp³-hybridized carbons (Fsp3) is 0.625. The van der Waals surface area contributed by atoms with Crippen molar-refractivity contribution in [1.82, 2.24) is 0 Å². The zero-order valence-corrected chi connectivity index (χ0v) is 10.7. The third-order valence-corrected chi connectivity index (χ3v) is 3.26. The van der Waals surface area contributed by atoms with E-state index < -0.39 is 0 Å². The second-order valence-electron chi connectivity index (χ2n) is 4.95. The maximum atomic E-state index is 2.41. The molecular weight excluding hydrogens is 192 g/mol. The average Bonchev–Trinajstić information content (AvgIpc) is 2.16. The van der Waals surface area contributed by atoms with Crippen molar-refractivity contribution in [2.24, 2.45) is 0 Å². The Morgan fingerprint density at radius 1 is 0.938 bits per heavy atom. The van der Waals surface area contributed by atoms with Crippen molar-refractivity contribution in [2.75, 3.05) is 0 Å². The first-order chi connectivity index (χ1) is 7.09. The molecule has 0 fully saturated rings. The molecule has 1 rings (SSSR count). The molecule has 0 spiro atoms. The van der Waals surface area contributed by atoms with Crippen molar-refractivity contribution < 1.29 is 0 Å². The van der Waals surface area contributed by atoms with Crippen LogP contribution in [0, 0.1) is 0 Å². The zero-order valence-electron chi connectivity index (χ0n) is 10.7. The van der Waals surface area contributed by atoms with E-state index >= 15 is 0 Å². The third kappa shape index (κ3) is 5.34. The van der Waals surface area contributed by atoms with Crippen LogP contribution in [-0.2, 0) is 0 Å². The summed E-state index contributed by atoms with van der Waals surface area (Å²) in [7, 11) is 0. The van der Waals surface area contributed by atoms with Crippen LogP contribution in [0.4, 0.5) is 0 Å². The number of hydrogen-bond acceptors (Lipinski definition) is 0. The molecule has 0 aliphatic heterocycles.